The van der Waals surface area contributed by atoms with Crippen LogP contribution in [-0.4, -0.2) is 20.9 Å². The monoisotopic (exact) mass is 412 g/mol. The molecule has 3 rings (SSSR count). The fraction of sp³-hybridized carbons (Fsp3) is 0.100. The molecule has 0 aliphatic carbocycles. The summed E-state index contributed by atoms with van der Waals surface area (Å²) in [6, 6.07) is 10.4. The molecule has 3 aromatic rings. The summed E-state index contributed by atoms with van der Waals surface area (Å²) in [6.45, 7) is 1.63. The number of para-hydroxylation sites is 1. The Morgan fingerprint density at radius 3 is 2.61 bits per heavy atom. The van der Waals surface area contributed by atoms with Crippen molar-refractivity contribution in [3.63, 3.8) is 0 Å². The summed E-state index contributed by atoms with van der Waals surface area (Å²) in [5.74, 6) is -0.308. The molecule has 0 amide bonds. The first kappa shape index (κ1) is 19.6. The lowest BCUT2D eigenvalue weighted by molar-refractivity contribution is 0.413. The van der Waals surface area contributed by atoms with Gasteiger partial charge in [0.25, 0.3) is 5.56 Å². The van der Waals surface area contributed by atoms with Crippen molar-refractivity contribution in [3.05, 3.63) is 85.4 Å². The van der Waals surface area contributed by atoms with Gasteiger partial charge >= 0.3 is 0 Å². The predicted molar refractivity (Wildman–Crippen MR) is 109 cm³/mol. The highest BCUT2D eigenvalue weighted by Crippen LogP contribution is 2.33. The third-order valence-corrected chi connectivity index (χ3v) is 4.78. The molecule has 6 nitrogen and oxygen atoms in total. The zero-order valence-electron chi connectivity index (χ0n) is 14.7. The van der Waals surface area contributed by atoms with Crippen LogP contribution < -0.4 is 5.56 Å². The van der Waals surface area contributed by atoms with Crippen molar-refractivity contribution in [2.45, 2.75) is 13.5 Å². The summed E-state index contributed by atoms with van der Waals surface area (Å²) in [6.07, 6.45) is 4.53. The van der Waals surface area contributed by atoms with Crippen molar-refractivity contribution in [1.29, 1.82) is 5.26 Å². The van der Waals surface area contributed by atoms with E-state index in [4.69, 9.17) is 23.2 Å². The Hall–Kier alpha value is -3.14. The van der Waals surface area contributed by atoms with E-state index in [2.05, 4.69) is 9.98 Å². The number of aliphatic imine (C=N–C) groups is 1. The molecule has 1 N–H and O–H groups in total. The van der Waals surface area contributed by atoms with E-state index in [1.54, 1.807) is 49.6 Å². The molecule has 0 saturated heterocycles. The Bertz CT molecular complexity index is 1150. The molecule has 0 saturated carbocycles. The van der Waals surface area contributed by atoms with Crippen LogP contribution in [0.1, 0.15) is 22.3 Å². The zero-order valence-corrected chi connectivity index (χ0v) is 16.2. The van der Waals surface area contributed by atoms with Crippen LogP contribution in [0.25, 0.3) is 0 Å². The maximum Gasteiger partial charge on any atom is 0.271 e. The fourth-order valence-corrected chi connectivity index (χ4v) is 3.18. The molecule has 0 bridgehead atoms. The number of aromatic hydroxyl groups is 1. The van der Waals surface area contributed by atoms with E-state index >= 15 is 0 Å². The summed E-state index contributed by atoms with van der Waals surface area (Å²) < 4.78 is 1.11. The normalized spacial score (nSPS) is 10.9. The summed E-state index contributed by atoms with van der Waals surface area (Å²) in [4.78, 5) is 20.9. The molecular formula is C20H14Cl2N4O2. The number of rotatable bonds is 4. The quantitative estimate of drug-likeness (QED) is 0.648. The number of benzene rings is 1. The van der Waals surface area contributed by atoms with E-state index in [0.717, 1.165) is 4.57 Å². The van der Waals surface area contributed by atoms with E-state index in [1.807, 2.05) is 6.07 Å². The van der Waals surface area contributed by atoms with Crippen molar-refractivity contribution >= 4 is 35.1 Å². The maximum atomic E-state index is 12.7. The average Bonchev–Trinajstić information content (AvgIpc) is 2.68. The van der Waals surface area contributed by atoms with Crippen LogP contribution >= 0.6 is 23.2 Å². The second-order valence-electron chi connectivity index (χ2n) is 5.93. The van der Waals surface area contributed by atoms with Gasteiger partial charge in [0.2, 0.25) is 5.88 Å². The van der Waals surface area contributed by atoms with Crippen molar-refractivity contribution in [2.75, 3.05) is 0 Å². The zero-order chi connectivity index (χ0) is 20.3. The van der Waals surface area contributed by atoms with Gasteiger partial charge in [-0.05, 0) is 36.2 Å². The summed E-state index contributed by atoms with van der Waals surface area (Å²) in [7, 11) is 0. The Kier molecular flexibility index (Phi) is 5.78. The highest BCUT2D eigenvalue weighted by molar-refractivity contribution is 6.38. The molecule has 28 heavy (non-hydrogen) atoms. The maximum absolute atomic E-state index is 12.7. The standard InChI is InChI=1S/C20H14Cl2N4O2/c1-12-14(8-23)19(27)26(11-13-4-3-7-24-9-13)20(28)15(12)10-25-18-16(21)5-2-6-17(18)22/h2-7,9-10,28H,11H2,1H3. The predicted octanol–water partition coefficient (Wildman–Crippen LogP) is 4.23. The van der Waals surface area contributed by atoms with Gasteiger partial charge in [-0.2, -0.15) is 5.26 Å². The fourth-order valence-electron chi connectivity index (χ4n) is 2.69. The minimum absolute atomic E-state index is 0.0567. The Morgan fingerprint density at radius 1 is 1.29 bits per heavy atom. The Balaban J connectivity index is 2.16. The molecule has 0 atom stereocenters. The number of nitrogens with zero attached hydrogens (tertiary/aromatic N) is 4. The van der Waals surface area contributed by atoms with Crippen LogP contribution in [0.15, 0.2) is 52.5 Å². The van der Waals surface area contributed by atoms with E-state index < -0.39 is 5.56 Å². The van der Waals surface area contributed by atoms with Gasteiger partial charge in [-0.25, -0.2) is 0 Å². The molecule has 2 aromatic heterocycles. The molecule has 0 spiro atoms. The molecule has 0 aliphatic rings. The first-order valence-corrected chi connectivity index (χ1v) is 8.93. The second kappa shape index (κ2) is 8.26. The van der Waals surface area contributed by atoms with Gasteiger partial charge in [-0.3, -0.25) is 19.3 Å². The first-order valence-electron chi connectivity index (χ1n) is 8.17. The van der Waals surface area contributed by atoms with Crippen LogP contribution in [-0.2, 0) is 6.54 Å². The number of hydrogen-bond donors (Lipinski definition) is 1. The van der Waals surface area contributed by atoms with Crippen LogP contribution in [0.5, 0.6) is 5.88 Å². The summed E-state index contributed by atoms with van der Waals surface area (Å²) in [5, 5.41) is 20.8. The highest BCUT2D eigenvalue weighted by Gasteiger charge is 2.18. The van der Waals surface area contributed by atoms with Crippen LogP contribution in [0.3, 0.4) is 0 Å². The molecule has 0 fully saturated rings. The smallest absolute Gasteiger partial charge is 0.271 e. The lowest BCUT2D eigenvalue weighted by Crippen LogP contribution is -2.26. The van der Waals surface area contributed by atoms with E-state index in [1.165, 1.54) is 6.21 Å². The molecular weight excluding hydrogens is 399 g/mol. The van der Waals surface area contributed by atoms with Crippen molar-refractivity contribution in [3.8, 4) is 11.9 Å². The van der Waals surface area contributed by atoms with Crippen LogP contribution in [0.4, 0.5) is 5.69 Å². The largest absolute Gasteiger partial charge is 0.494 e. The SMILES string of the molecule is Cc1c(C=Nc2c(Cl)cccc2Cl)c(O)n(Cc2cccnc2)c(=O)c1C#N. The third kappa shape index (κ3) is 3.77. The van der Waals surface area contributed by atoms with E-state index in [0.29, 0.717) is 26.9 Å². The van der Waals surface area contributed by atoms with Gasteiger partial charge in [0.1, 0.15) is 17.3 Å². The highest BCUT2D eigenvalue weighted by atomic mass is 35.5. The van der Waals surface area contributed by atoms with Crippen molar-refractivity contribution < 1.29 is 5.11 Å². The van der Waals surface area contributed by atoms with Crippen molar-refractivity contribution in [2.24, 2.45) is 4.99 Å². The van der Waals surface area contributed by atoms with Gasteiger partial charge in [0, 0.05) is 18.6 Å². The lowest BCUT2D eigenvalue weighted by Gasteiger charge is -2.14. The van der Waals surface area contributed by atoms with Crippen molar-refractivity contribution in [1.82, 2.24) is 9.55 Å². The molecule has 0 radical (unpaired) electrons. The van der Waals surface area contributed by atoms with Crippen LogP contribution in [0, 0.1) is 18.3 Å². The van der Waals surface area contributed by atoms with Gasteiger partial charge in [-0.1, -0.05) is 35.3 Å². The third-order valence-electron chi connectivity index (χ3n) is 4.17. The van der Waals surface area contributed by atoms with Crippen LogP contribution in [0.2, 0.25) is 10.0 Å². The minimum atomic E-state index is -0.589. The average molecular weight is 413 g/mol. The number of nitriles is 1. The lowest BCUT2D eigenvalue weighted by atomic mass is 10.1. The number of aromatic nitrogens is 2. The van der Waals surface area contributed by atoms with E-state index in [9.17, 15) is 15.2 Å². The van der Waals surface area contributed by atoms with Gasteiger partial charge in [0.05, 0.1) is 22.2 Å². The number of halogens is 2. The summed E-state index contributed by atoms with van der Waals surface area (Å²) >= 11 is 12.2. The molecule has 8 heteroatoms. The molecule has 0 unspecified atom stereocenters. The second-order valence-corrected chi connectivity index (χ2v) is 6.74. The Morgan fingerprint density at radius 2 is 2.00 bits per heavy atom. The molecule has 0 aliphatic heterocycles. The topological polar surface area (TPSA) is 91.3 Å². The minimum Gasteiger partial charge on any atom is -0.494 e. The van der Waals surface area contributed by atoms with Gasteiger partial charge in [-0.15, -0.1) is 0 Å². The first-order chi connectivity index (χ1) is 13.4. The Labute approximate surface area is 171 Å². The van der Waals surface area contributed by atoms with E-state index in [-0.39, 0.29) is 23.6 Å². The summed E-state index contributed by atoms with van der Waals surface area (Å²) in [5.41, 5.74) is 0.913. The molecule has 140 valence electrons. The number of hydrogen-bond acceptors (Lipinski definition) is 5. The molecule has 2 heterocycles. The van der Waals surface area contributed by atoms with Gasteiger partial charge in [0.15, 0.2) is 0 Å². The number of pyridine rings is 2. The van der Waals surface area contributed by atoms with Gasteiger partial charge < -0.3 is 5.11 Å². The molecule has 1 aromatic carbocycles.